The van der Waals surface area contributed by atoms with Crippen LogP contribution in [0.2, 0.25) is 0 Å². The minimum Gasteiger partial charge on any atom is -0.378 e. The Labute approximate surface area is 161 Å². The summed E-state index contributed by atoms with van der Waals surface area (Å²) in [5.41, 5.74) is 0.329. The van der Waals surface area contributed by atoms with Crippen molar-refractivity contribution in [3.63, 3.8) is 0 Å². The maximum absolute atomic E-state index is 5.60. The fourth-order valence-electron chi connectivity index (χ4n) is 2.61. The van der Waals surface area contributed by atoms with E-state index in [0.29, 0.717) is 31.8 Å². The van der Waals surface area contributed by atoms with E-state index in [1.165, 1.54) is 0 Å². The first-order valence-electron chi connectivity index (χ1n) is 9.32. The first-order chi connectivity index (χ1) is 11.5. The summed E-state index contributed by atoms with van der Waals surface area (Å²) in [7, 11) is 4.23. The van der Waals surface area contributed by atoms with Crippen LogP contribution in [-0.4, -0.2) is 94.5 Å². The Bertz CT molecular complexity index is 287. The van der Waals surface area contributed by atoms with Gasteiger partial charge in [0.1, 0.15) is 0 Å². The molecule has 0 rings (SSSR count). The van der Waals surface area contributed by atoms with Crippen molar-refractivity contribution in [2.45, 2.75) is 39.4 Å². The second kappa shape index (κ2) is 13.3. The Morgan fingerprint density at radius 3 is 1.36 bits per heavy atom. The Hall–Kier alpha value is 0.150. The van der Waals surface area contributed by atoms with Gasteiger partial charge in [0, 0.05) is 30.9 Å². The molecule has 0 unspecified atom stereocenters. The molecule has 0 amide bonds. The minimum atomic E-state index is 0.0272. The maximum Gasteiger partial charge on any atom is 0.0701 e. The second-order valence-electron chi connectivity index (χ2n) is 8.69. The van der Waals surface area contributed by atoms with Gasteiger partial charge >= 0.3 is 0 Å². The topological polar surface area (TPSA) is 34.2 Å². The number of nitrogens with zero attached hydrogens (tertiary/aromatic N) is 2. The molecule has 0 spiro atoms. The predicted molar refractivity (Wildman–Crippen MR) is 110 cm³/mol. The predicted octanol–water partition coefficient (Wildman–Crippen LogP) is 2.65. The smallest absolute Gasteiger partial charge is 0.0701 e. The van der Waals surface area contributed by atoms with E-state index >= 15 is 0 Å². The molecular weight excluding hydrogens is 336 g/mol. The van der Waals surface area contributed by atoms with Crippen molar-refractivity contribution in [2.75, 3.05) is 79.9 Å². The van der Waals surface area contributed by atoms with Gasteiger partial charge in [0.05, 0.1) is 39.6 Å². The lowest BCUT2D eigenvalue weighted by Crippen LogP contribution is -2.34. The highest BCUT2D eigenvalue weighted by Gasteiger charge is 2.14. The lowest BCUT2D eigenvalue weighted by Gasteiger charge is -2.26. The van der Waals surface area contributed by atoms with Crippen molar-refractivity contribution >= 4 is 12.6 Å². The Morgan fingerprint density at radius 1 is 0.640 bits per heavy atom. The van der Waals surface area contributed by atoms with E-state index in [1.807, 2.05) is 0 Å². The molecule has 0 saturated carbocycles. The minimum absolute atomic E-state index is 0.0272. The van der Waals surface area contributed by atoms with Crippen LogP contribution in [0.4, 0.5) is 0 Å². The zero-order valence-electron chi connectivity index (χ0n) is 17.6. The molecule has 25 heavy (non-hydrogen) atoms. The number of rotatable bonds is 15. The van der Waals surface area contributed by atoms with Gasteiger partial charge in [-0.25, -0.2) is 0 Å². The van der Waals surface area contributed by atoms with Crippen LogP contribution in [0.3, 0.4) is 0 Å². The number of likely N-dealkylation sites (N-methyl/N-ethyl adjacent to an activating group) is 2. The molecule has 0 aromatic rings. The summed E-state index contributed by atoms with van der Waals surface area (Å²) in [4.78, 5) is 4.54. The molecule has 0 N–H and O–H groups in total. The molecular formula is C19H42N2O3S. The molecule has 0 aliphatic rings. The quantitative estimate of drug-likeness (QED) is 0.350. The molecule has 5 nitrogen and oxygen atoms in total. The van der Waals surface area contributed by atoms with Crippen LogP contribution >= 0.6 is 12.6 Å². The van der Waals surface area contributed by atoms with Gasteiger partial charge in [-0.2, -0.15) is 12.6 Å². The van der Waals surface area contributed by atoms with Gasteiger partial charge in [0.25, 0.3) is 0 Å². The summed E-state index contributed by atoms with van der Waals surface area (Å²) in [5, 5.41) is 0. The Kier molecular flexibility index (Phi) is 13.4. The van der Waals surface area contributed by atoms with E-state index in [4.69, 9.17) is 14.2 Å². The number of thiol groups is 1. The van der Waals surface area contributed by atoms with E-state index in [1.54, 1.807) is 0 Å². The molecule has 0 radical (unpaired) electrons. The van der Waals surface area contributed by atoms with Gasteiger partial charge in [-0.05, 0) is 33.4 Å². The largest absolute Gasteiger partial charge is 0.378 e. The van der Waals surface area contributed by atoms with Gasteiger partial charge in [0.2, 0.25) is 0 Å². The third-order valence-corrected chi connectivity index (χ3v) is 3.52. The van der Waals surface area contributed by atoms with Gasteiger partial charge < -0.3 is 24.0 Å². The van der Waals surface area contributed by atoms with Crippen molar-refractivity contribution in [1.82, 2.24) is 9.80 Å². The standard InChI is InChI=1S/C19H42N2O3S/c1-18(2,3)16-20(6)8-10-22-12-14-24-15-13-23-11-9-21(7)17-19(4,5)25/h25H,8-17H2,1-7H3. The summed E-state index contributed by atoms with van der Waals surface area (Å²) >= 11 is 4.53. The van der Waals surface area contributed by atoms with Crippen molar-refractivity contribution in [3.8, 4) is 0 Å². The van der Waals surface area contributed by atoms with Gasteiger partial charge in [-0.15, -0.1) is 0 Å². The SMILES string of the molecule is CN(CCOCCOCCOCCN(C)CC(C)(C)S)CC(C)(C)C. The lowest BCUT2D eigenvalue weighted by atomic mass is 9.96. The van der Waals surface area contributed by atoms with Crippen LogP contribution in [-0.2, 0) is 14.2 Å². The zero-order valence-corrected chi connectivity index (χ0v) is 18.5. The van der Waals surface area contributed by atoms with Crippen molar-refractivity contribution in [3.05, 3.63) is 0 Å². The van der Waals surface area contributed by atoms with Crippen molar-refractivity contribution in [1.29, 1.82) is 0 Å². The van der Waals surface area contributed by atoms with Crippen molar-refractivity contribution in [2.24, 2.45) is 5.41 Å². The Balaban J connectivity index is 3.32. The summed E-state index contributed by atoms with van der Waals surface area (Å²) < 4.78 is 16.7. The Morgan fingerprint density at radius 2 is 1.00 bits per heavy atom. The fraction of sp³-hybridized carbons (Fsp3) is 1.00. The van der Waals surface area contributed by atoms with Crippen LogP contribution in [0, 0.1) is 5.41 Å². The molecule has 0 atom stereocenters. The summed E-state index contributed by atoms with van der Waals surface area (Å²) in [6, 6.07) is 0. The van der Waals surface area contributed by atoms with E-state index < -0.39 is 0 Å². The molecule has 6 heteroatoms. The number of ether oxygens (including phenoxy) is 3. The highest BCUT2D eigenvalue weighted by molar-refractivity contribution is 7.81. The fourth-order valence-corrected chi connectivity index (χ4v) is 2.85. The van der Waals surface area contributed by atoms with Crippen LogP contribution in [0.5, 0.6) is 0 Å². The van der Waals surface area contributed by atoms with E-state index in [-0.39, 0.29) is 4.75 Å². The highest BCUT2D eigenvalue weighted by Crippen LogP contribution is 2.13. The molecule has 0 saturated heterocycles. The van der Waals surface area contributed by atoms with E-state index in [0.717, 1.165) is 39.4 Å². The molecule has 0 heterocycles. The molecule has 0 fully saturated rings. The van der Waals surface area contributed by atoms with Gasteiger partial charge in [-0.3, -0.25) is 0 Å². The van der Waals surface area contributed by atoms with E-state index in [9.17, 15) is 0 Å². The van der Waals surface area contributed by atoms with Crippen molar-refractivity contribution < 1.29 is 14.2 Å². The van der Waals surface area contributed by atoms with Crippen LogP contribution in [0.15, 0.2) is 0 Å². The number of hydrogen-bond donors (Lipinski definition) is 1. The van der Waals surface area contributed by atoms with Crippen LogP contribution in [0.25, 0.3) is 0 Å². The van der Waals surface area contributed by atoms with Gasteiger partial charge in [0.15, 0.2) is 0 Å². The molecule has 0 aliphatic carbocycles. The van der Waals surface area contributed by atoms with E-state index in [2.05, 4.69) is 71.1 Å². The summed E-state index contributed by atoms with van der Waals surface area (Å²) in [6.45, 7) is 18.9. The third-order valence-electron chi connectivity index (χ3n) is 3.38. The monoisotopic (exact) mass is 378 g/mol. The normalized spacial score (nSPS) is 13.2. The first kappa shape index (κ1) is 25.1. The molecule has 0 bridgehead atoms. The average molecular weight is 379 g/mol. The zero-order chi connectivity index (χ0) is 19.3. The number of hydrogen-bond acceptors (Lipinski definition) is 6. The summed E-state index contributed by atoms with van der Waals surface area (Å²) in [5.74, 6) is 0. The lowest BCUT2D eigenvalue weighted by molar-refractivity contribution is 0.00785. The first-order valence-corrected chi connectivity index (χ1v) is 9.77. The molecule has 0 aromatic carbocycles. The van der Waals surface area contributed by atoms with Crippen LogP contribution in [0.1, 0.15) is 34.6 Å². The molecule has 152 valence electrons. The maximum atomic E-state index is 5.60. The summed E-state index contributed by atoms with van der Waals surface area (Å²) in [6.07, 6.45) is 0. The average Bonchev–Trinajstić information content (AvgIpc) is 2.40. The second-order valence-corrected chi connectivity index (χ2v) is 9.90. The third kappa shape index (κ3) is 20.3. The molecule has 0 aromatic heterocycles. The van der Waals surface area contributed by atoms with Crippen LogP contribution < -0.4 is 0 Å². The van der Waals surface area contributed by atoms with Gasteiger partial charge in [-0.1, -0.05) is 20.8 Å². The molecule has 0 aliphatic heterocycles. The highest BCUT2D eigenvalue weighted by atomic mass is 32.1.